The number of hydrogen-bond acceptors (Lipinski definition) is 6. The fourth-order valence-corrected chi connectivity index (χ4v) is 2.89. The summed E-state index contributed by atoms with van der Waals surface area (Å²) in [7, 11) is 1.28. The van der Waals surface area contributed by atoms with E-state index in [1.54, 1.807) is 23.2 Å². The van der Waals surface area contributed by atoms with Crippen LogP contribution in [0.15, 0.2) is 24.5 Å². The lowest BCUT2D eigenvalue weighted by Crippen LogP contribution is -2.59. The van der Waals surface area contributed by atoms with Crippen molar-refractivity contribution in [3.63, 3.8) is 0 Å². The Labute approximate surface area is 139 Å². The van der Waals surface area contributed by atoms with Crippen LogP contribution in [0, 0.1) is 0 Å². The first-order valence-electron chi connectivity index (χ1n) is 7.14. The number of aromatic nitrogens is 1. The van der Waals surface area contributed by atoms with Crippen LogP contribution in [0.2, 0.25) is 0 Å². The third-order valence-corrected chi connectivity index (χ3v) is 4.18. The van der Waals surface area contributed by atoms with Gasteiger partial charge < -0.3 is 14.5 Å². The predicted octanol–water partition coefficient (Wildman–Crippen LogP) is 0.271. The Morgan fingerprint density at radius 3 is 2.78 bits per heavy atom. The van der Waals surface area contributed by atoms with Crippen molar-refractivity contribution in [1.29, 1.82) is 0 Å². The molecule has 0 aliphatic carbocycles. The summed E-state index contributed by atoms with van der Waals surface area (Å²) in [6, 6.07) is 2.51. The summed E-state index contributed by atoms with van der Waals surface area (Å²) in [6.07, 6.45) is 4.88. The van der Waals surface area contributed by atoms with Gasteiger partial charge in [-0.25, -0.2) is 4.79 Å². The Balaban J connectivity index is 2.18. The topological polar surface area (TPSA) is 79.8 Å². The molecule has 1 fully saturated rings. The number of esters is 1. The smallest absolute Gasteiger partial charge is 0.330 e. The van der Waals surface area contributed by atoms with Crippen LogP contribution in [0.3, 0.4) is 0 Å². The van der Waals surface area contributed by atoms with Gasteiger partial charge in [0.05, 0.1) is 25.0 Å². The molecule has 1 saturated heterocycles. The van der Waals surface area contributed by atoms with E-state index in [1.807, 2.05) is 6.26 Å². The molecule has 0 aromatic carbocycles. The predicted molar refractivity (Wildman–Crippen MR) is 86.0 cm³/mol. The minimum absolute atomic E-state index is 0.0418. The number of ether oxygens (including phenoxy) is 1. The second-order valence-electron chi connectivity index (χ2n) is 5.05. The third-order valence-electron chi connectivity index (χ3n) is 3.64. The molecular weight excluding hydrogens is 318 g/mol. The number of hydrogen-bond donors (Lipinski definition) is 0. The summed E-state index contributed by atoms with van der Waals surface area (Å²) in [4.78, 5) is 43.7. The number of piperazine rings is 1. The van der Waals surface area contributed by atoms with E-state index >= 15 is 0 Å². The summed E-state index contributed by atoms with van der Waals surface area (Å²) >= 11 is 1.43. The Morgan fingerprint density at radius 2 is 2.17 bits per heavy atom. The van der Waals surface area contributed by atoms with Crippen molar-refractivity contribution < 1.29 is 19.1 Å². The average Bonchev–Trinajstić information content (AvgIpc) is 2.60. The van der Waals surface area contributed by atoms with Gasteiger partial charge in [-0.2, -0.15) is 11.8 Å². The van der Waals surface area contributed by atoms with Gasteiger partial charge in [0.25, 0.3) is 5.91 Å². The minimum Gasteiger partial charge on any atom is -0.467 e. The van der Waals surface area contributed by atoms with E-state index in [0.717, 1.165) is 0 Å². The van der Waals surface area contributed by atoms with Crippen molar-refractivity contribution in [2.45, 2.75) is 6.04 Å². The van der Waals surface area contributed by atoms with Crippen molar-refractivity contribution in [3.8, 4) is 0 Å². The largest absolute Gasteiger partial charge is 0.467 e. The molecule has 2 rings (SSSR count). The zero-order valence-electron chi connectivity index (χ0n) is 13.1. The number of pyridine rings is 1. The van der Waals surface area contributed by atoms with Crippen LogP contribution in [0.25, 0.3) is 0 Å². The van der Waals surface area contributed by atoms with Crippen LogP contribution >= 0.6 is 11.8 Å². The second-order valence-corrected chi connectivity index (χ2v) is 5.92. The van der Waals surface area contributed by atoms with E-state index in [2.05, 4.69) is 4.98 Å². The number of thioether (sulfide) groups is 1. The molecule has 2 amide bonds. The van der Waals surface area contributed by atoms with Crippen molar-refractivity contribution in [2.75, 3.05) is 38.8 Å². The average molecular weight is 337 g/mol. The summed E-state index contributed by atoms with van der Waals surface area (Å²) in [6.45, 7) is 0.838. The SMILES string of the molecule is COC(=O)[C@H]1CN(C(=O)CSC)CCN1C(=O)c1cccnc1. The van der Waals surface area contributed by atoms with Crippen LogP contribution in [-0.4, -0.2) is 77.4 Å². The van der Waals surface area contributed by atoms with Gasteiger partial charge in [0.1, 0.15) is 6.04 Å². The first kappa shape index (κ1) is 17.3. The van der Waals surface area contributed by atoms with Crippen LogP contribution in [0.1, 0.15) is 10.4 Å². The molecule has 1 aliphatic rings. The Morgan fingerprint density at radius 1 is 1.39 bits per heavy atom. The summed E-state index contributed by atoms with van der Waals surface area (Å²) in [5.74, 6) is -0.501. The van der Waals surface area contributed by atoms with E-state index in [9.17, 15) is 14.4 Å². The molecule has 1 aliphatic heterocycles. The summed E-state index contributed by atoms with van der Waals surface area (Å²) in [5.41, 5.74) is 0.408. The number of amides is 2. The first-order chi connectivity index (χ1) is 11.1. The van der Waals surface area contributed by atoms with Gasteiger partial charge in [-0.15, -0.1) is 0 Å². The highest BCUT2D eigenvalue weighted by Crippen LogP contribution is 2.16. The molecule has 1 aromatic heterocycles. The highest BCUT2D eigenvalue weighted by atomic mass is 32.2. The Hall–Kier alpha value is -2.09. The molecule has 2 heterocycles. The quantitative estimate of drug-likeness (QED) is 0.734. The Bertz CT molecular complexity index is 581. The molecule has 124 valence electrons. The molecule has 23 heavy (non-hydrogen) atoms. The van der Waals surface area contributed by atoms with Crippen LogP contribution < -0.4 is 0 Å². The second kappa shape index (κ2) is 7.96. The van der Waals surface area contributed by atoms with Crippen LogP contribution in [0.5, 0.6) is 0 Å². The molecule has 0 saturated carbocycles. The maximum absolute atomic E-state index is 12.6. The number of rotatable bonds is 4. The highest BCUT2D eigenvalue weighted by Gasteiger charge is 2.37. The molecule has 8 heteroatoms. The number of nitrogens with zero attached hydrogens (tertiary/aromatic N) is 3. The molecule has 7 nitrogen and oxygen atoms in total. The van der Waals surface area contributed by atoms with Crippen molar-refractivity contribution in [2.24, 2.45) is 0 Å². The van der Waals surface area contributed by atoms with Gasteiger partial charge in [0.15, 0.2) is 0 Å². The van der Waals surface area contributed by atoms with E-state index in [4.69, 9.17) is 4.74 Å². The van der Waals surface area contributed by atoms with Crippen molar-refractivity contribution >= 4 is 29.5 Å². The zero-order valence-corrected chi connectivity index (χ0v) is 13.9. The normalized spacial score (nSPS) is 17.7. The van der Waals surface area contributed by atoms with E-state index < -0.39 is 12.0 Å². The monoisotopic (exact) mass is 337 g/mol. The van der Waals surface area contributed by atoms with Gasteiger partial charge in [-0.1, -0.05) is 0 Å². The minimum atomic E-state index is -0.799. The van der Waals surface area contributed by atoms with Gasteiger partial charge >= 0.3 is 5.97 Å². The molecule has 1 atom stereocenters. The van der Waals surface area contributed by atoms with Crippen molar-refractivity contribution in [1.82, 2.24) is 14.8 Å². The van der Waals surface area contributed by atoms with E-state index in [-0.39, 0.29) is 24.9 Å². The molecule has 0 unspecified atom stereocenters. The first-order valence-corrected chi connectivity index (χ1v) is 8.53. The fraction of sp³-hybridized carbons (Fsp3) is 0.467. The lowest BCUT2D eigenvalue weighted by molar-refractivity contribution is -0.149. The Kier molecular flexibility index (Phi) is 5.97. The molecule has 0 spiro atoms. The third kappa shape index (κ3) is 4.01. The standard InChI is InChI=1S/C15H19N3O4S/c1-22-15(21)12-9-17(13(19)10-23-2)6-7-18(12)14(20)11-4-3-5-16-8-11/h3-5,8,12H,6-7,9-10H2,1-2H3/t12-/m1/s1. The van der Waals surface area contributed by atoms with Crippen LogP contribution in [0.4, 0.5) is 0 Å². The van der Waals surface area contributed by atoms with Crippen molar-refractivity contribution in [3.05, 3.63) is 30.1 Å². The summed E-state index contributed by atoms with van der Waals surface area (Å²) < 4.78 is 4.80. The highest BCUT2D eigenvalue weighted by molar-refractivity contribution is 7.99. The lowest BCUT2D eigenvalue weighted by atomic mass is 10.1. The van der Waals surface area contributed by atoms with Gasteiger partial charge in [0.2, 0.25) is 5.91 Å². The number of carbonyl (C=O) groups excluding carboxylic acids is 3. The maximum Gasteiger partial charge on any atom is 0.330 e. The van der Waals surface area contributed by atoms with E-state index in [0.29, 0.717) is 17.9 Å². The van der Waals surface area contributed by atoms with E-state index in [1.165, 1.54) is 30.0 Å². The summed E-state index contributed by atoms with van der Waals surface area (Å²) in [5, 5.41) is 0. The maximum atomic E-state index is 12.6. The molecule has 0 bridgehead atoms. The van der Waals surface area contributed by atoms with Gasteiger partial charge in [-0.05, 0) is 18.4 Å². The number of carbonyl (C=O) groups is 3. The molecular formula is C15H19N3O4S. The van der Waals surface area contributed by atoms with Gasteiger partial charge in [-0.3, -0.25) is 14.6 Å². The molecule has 0 N–H and O–H groups in total. The molecule has 1 aromatic rings. The van der Waals surface area contributed by atoms with Crippen LogP contribution in [-0.2, 0) is 14.3 Å². The molecule has 0 radical (unpaired) electrons. The lowest BCUT2D eigenvalue weighted by Gasteiger charge is -2.39. The van der Waals surface area contributed by atoms with Gasteiger partial charge in [0, 0.05) is 25.5 Å². The number of methoxy groups -OCH3 is 1. The zero-order chi connectivity index (χ0) is 16.8. The fourth-order valence-electron chi connectivity index (χ4n) is 2.46.